The molecule has 0 aliphatic heterocycles. The molecule has 0 radical (unpaired) electrons. The summed E-state index contributed by atoms with van der Waals surface area (Å²) >= 11 is 0. The normalized spacial score (nSPS) is 14.1. The van der Waals surface area contributed by atoms with Crippen LogP contribution >= 0.6 is 0 Å². The molecular weight excluding hydrogens is 341 g/mol. The molecule has 1 aromatic carbocycles. The highest BCUT2D eigenvalue weighted by Crippen LogP contribution is 2.35. The van der Waals surface area contributed by atoms with Crippen molar-refractivity contribution in [3.63, 3.8) is 0 Å². The number of hydrogen-bond acceptors (Lipinski definition) is 3. The molecule has 0 unspecified atom stereocenters. The number of pyridine rings is 1. The summed E-state index contributed by atoms with van der Waals surface area (Å²) in [6.07, 6.45) is 7.93. The Morgan fingerprint density at radius 1 is 1.30 bits per heavy atom. The zero-order valence-corrected chi connectivity index (χ0v) is 16.3. The first-order valence-corrected chi connectivity index (χ1v) is 9.81. The van der Waals surface area contributed by atoms with Gasteiger partial charge in [-0.25, -0.2) is 9.37 Å². The highest BCUT2D eigenvalue weighted by Gasteiger charge is 2.21. The van der Waals surface area contributed by atoms with Crippen LogP contribution < -0.4 is 4.74 Å². The molecular formula is C22H26FN3O. The highest BCUT2D eigenvalue weighted by atomic mass is 19.1. The number of halogens is 1. The molecule has 1 saturated carbocycles. The molecule has 2 aromatic heterocycles. The molecule has 0 spiro atoms. The van der Waals surface area contributed by atoms with Crippen LogP contribution in [0.25, 0.3) is 22.3 Å². The van der Waals surface area contributed by atoms with Crippen molar-refractivity contribution in [1.82, 2.24) is 14.5 Å². The Morgan fingerprint density at radius 3 is 2.81 bits per heavy atom. The highest BCUT2D eigenvalue weighted by molar-refractivity contribution is 5.91. The molecule has 2 heterocycles. The van der Waals surface area contributed by atoms with E-state index in [1.165, 1.54) is 38.9 Å². The minimum absolute atomic E-state index is 0.253. The van der Waals surface area contributed by atoms with Crippen LogP contribution in [0.3, 0.4) is 0 Å². The van der Waals surface area contributed by atoms with Crippen molar-refractivity contribution in [3.8, 4) is 17.0 Å². The lowest BCUT2D eigenvalue weighted by molar-refractivity contribution is 0.386. The zero-order valence-electron chi connectivity index (χ0n) is 16.3. The van der Waals surface area contributed by atoms with E-state index < -0.39 is 0 Å². The third-order valence-electron chi connectivity index (χ3n) is 5.51. The van der Waals surface area contributed by atoms with E-state index >= 15 is 0 Å². The summed E-state index contributed by atoms with van der Waals surface area (Å²) in [5, 5.41) is 0. The molecule has 3 aromatic rings. The lowest BCUT2D eigenvalue weighted by Gasteiger charge is -2.10. The van der Waals surface area contributed by atoms with Gasteiger partial charge < -0.3 is 9.30 Å². The van der Waals surface area contributed by atoms with Crippen molar-refractivity contribution in [2.24, 2.45) is 5.92 Å². The number of rotatable bonds is 7. The number of hydrogen-bond donors (Lipinski definition) is 0. The maximum absolute atomic E-state index is 14.3. The average molecular weight is 367 g/mol. The molecule has 0 N–H and O–H groups in total. The van der Waals surface area contributed by atoms with Crippen LogP contribution in [0.2, 0.25) is 0 Å². The number of nitrogens with zero attached hydrogens (tertiary/aromatic N) is 3. The third-order valence-corrected chi connectivity index (χ3v) is 5.51. The second-order valence-corrected chi connectivity index (χ2v) is 7.45. The molecule has 0 atom stereocenters. The van der Waals surface area contributed by atoms with Crippen LogP contribution in [0.5, 0.6) is 5.75 Å². The Bertz CT molecular complexity index is 975. The number of ether oxygens (including phenoxy) is 1. The van der Waals surface area contributed by atoms with E-state index in [0.29, 0.717) is 0 Å². The summed E-state index contributed by atoms with van der Waals surface area (Å²) in [4.78, 5) is 9.44. The molecule has 4 nitrogen and oxygen atoms in total. The predicted molar refractivity (Wildman–Crippen MR) is 106 cm³/mol. The number of benzene rings is 1. The molecule has 142 valence electrons. The van der Waals surface area contributed by atoms with Crippen molar-refractivity contribution < 1.29 is 9.13 Å². The fraction of sp³-hybridized carbons (Fsp3) is 0.455. The number of methoxy groups -OCH3 is 1. The van der Waals surface area contributed by atoms with Crippen molar-refractivity contribution >= 4 is 11.0 Å². The molecule has 1 aliphatic carbocycles. The largest absolute Gasteiger partial charge is 0.494 e. The Kier molecular flexibility index (Phi) is 4.85. The van der Waals surface area contributed by atoms with E-state index in [1.54, 1.807) is 12.3 Å². The van der Waals surface area contributed by atoms with E-state index in [2.05, 4.69) is 16.5 Å². The van der Waals surface area contributed by atoms with Crippen molar-refractivity contribution in [2.45, 2.75) is 52.5 Å². The molecule has 5 heteroatoms. The quantitative estimate of drug-likeness (QED) is 0.568. The summed E-state index contributed by atoms with van der Waals surface area (Å²) in [6.45, 7) is 5.06. The Morgan fingerprint density at radius 2 is 2.11 bits per heavy atom. The second kappa shape index (κ2) is 7.29. The van der Waals surface area contributed by atoms with Gasteiger partial charge in [0.05, 0.1) is 18.3 Å². The van der Waals surface area contributed by atoms with Crippen LogP contribution in [0.15, 0.2) is 24.4 Å². The van der Waals surface area contributed by atoms with Gasteiger partial charge in [0.2, 0.25) is 0 Å². The molecule has 1 fully saturated rings. The fourth-order valence-electron chi connectivity index (χ4n) is 3.83. The fourth-order valence-corrected chi connectivity index (χ4v) is 3.83. The van der Waals surface area contributed by atoms with Gasteiger partial charge in [0.15, 0.2) is 11.6 Å². The Hall–Kier alpha value is -2.43. The maximum Gasteiger partial charge on any atom is 0.165 e. The molecule has 0 bridgehead atoms. The van der Waals surface area contributed by atoms with Gasteiger partial charge in [-0.2, -0.15) is 0 Å². The standard InChI is InChI=1S/C22H26FN3O/c1-4-20-25-22-18(26(20)11-5-6-15-7-8-15)9-10-24-21(22)16-13-17(23)19(27-3)12-14(16)2/h9-10,12-13,15H,4-8,11H2,1-3H3. The van der Waals surface area contributed by atoms with Gasteiger partial charge in [-0.1, -0.05) is 19.8 Å². The molecule has 0 saturated heterocycles. The van der Waals surface area contributed by atoms with Gasteiger partial charge in [0.25, 0.3) is 0 Å². The topological polar surface area (TPSA) is 39.9 Å². The van der Waals surface area contributed by atoms with Crippen LogP contribution in [-0.4, -0.2) is 21.6 Å². The van der Waals surface area contributed by atoms with Gasteiger partial charge in [-0.05, 0) is 49.4 Å². The van der Waals surface area contributed by atoms with Crippen molar-refractivity contribution in [3.05, 3.63) is 41.6 Å². The Labute approximate surface area is 159 Å². The van der Waals surface area contributed by atoms with Gasteiger partial charge in [-0.15, -0.1) is 0 Å². The number of aryl methyl sites for hydroxylation is 3. The molecule has 4 rings (SSSR count). The minimum Gasteiger partial charge on any atom is -0.494 e. The summed E-state index contributed by atoms with van der Waals surface area (Å²) in [6, 6.07) is 5.25. The van der Waals surface area contributed by atoms with Crippen LogP contribution in [0.4, 0.5) is 4.39 Å². The van der Waals surface area contributed by atoms with E-state index in [-0.39, 0.29) is 11.6 Å². The summed E-state index contributed by atoms with van der Waals surface area (Å²) in [5.74, 6) is 1.88. The molecule has 27 heavy (non-hydrogen) atoms. The first kappa shape index (κ1) is 18.0. The third kappa shape index (κ3) is 3.43. The van der Waals surface area contributed by atoms with Crippen LogP contribution in [-0.2, 0) is 13.0 Å². The van der Waals surface area contributed by atoms with Gasteiger partial charge in [0.1, 0.15) is 11.3 Å². The number of fused-ring (bicyclic) bond motifs is 1. The van der Waals surface area contributed by atoms with E-state index in [9.17, 15) is 4.39 Å². The van der Waals surface area contributed by atoms with Crippen molar-refractivity contribution in [2.75, 3.05) is 7.11 Å². The smallest absolute Gasteiger partial charge is 0.165 e. The van der Waals surface area contributed by atoms with E-state index in [1.807, 2.05) is 13.0 Å². The maximum atomic E-state index is 14.3. The first-order chi connectivity index (χ1) is 13.1. The monoisotopic (exact) mass is 367 g/mol. The first-order valence-electron chi connectivity index (χ1n) is 9.81. The molecule has 0 amide bonds. The number of aromatic nitrogens is 3. The second-order valence-electron chi connectivity index (χ2n) is 7.45. The molecule has 1 aliphatic rings. The van der Waals surface area contributed by atoms with E-state index in [0.717, 1.165) is 52.6 Å². The summed E-state index contributed by atoms with van der Waals surface area (Å²) in [7, 11) is 1.48. The lowest BCUT2D eigenvalue weighted by Crippen LogP contribution is -2.03. The van der Waals surface area contributed by atoms with Crippen LogP contribution in [0, 0.1) is 18.7 Å². The SMILES string of the molecule is CCc1nc2c(-c3cc(F)c(OC)cc3C)nccc2n1CCCC1CC1. The van der Waals surface area contributed by atoms with Gasteiger partial charge >= 0.3 is 0 Å². The summed E-state index contributed by atoms with van der Waals surface area (Å²) < 4.78 is 21.8. The summed E-state index contributed by atoms with van der Waals surface area (Å²) in [5.41, 5.74) is 4.37. The predicted octanol–water partition coefficient (Wildman–Crippen LogP) is 5.31. The average Bonchev–Trinajstić information content (AvgIpc) is 3.43. The van der Waals surface area contributed by atoms with E-state index in [4.69, 9.17) is 9.72 Å². The number of imidazole rings is 1. The van der Waals surface area contributed by atoms with Gasteiger partial charge in [-0.3, -0.25) is 4.98 Å². The minimum atomic E-state index is -0.378. The zero-order chi connectivity index (χ0) is 19.0. The van der Waals surface area contributed by atoms with Crippen molar-refractivity contribution in [1.29, 1.82) is 0 Å². The van der Waals surface area contributed by atoms with Crippen LogP contribution in [0.1, 0.15) is 44.0 Å². The van der Waals surface area contributed by atoms with Gasteiger partial charge in [0, 0.05) is 24.7 Å². The lowest BCUT2D eigenvalue weighted by atomic mass is 10.0. The Balaban J connectivity index is 1.78.